The van der Waals surface area contributed by atoms with Crippen molar-refractivity contribution in [2.45, 2.75) is 13.0 Å². The number of hydrogen-bond donors (Lipinski definition) is 1. The first-order valence-corrected chi connectivity index (χ1v) is 8.56. The number of anilines is 1. The standard InChI is InChI=1S/C19H14ClFN2O5/c1-10(23-17(25)12-4-2-3-5-13(12)18(23)26)19(27)28-9-16(24)22-15-7-6-11(20)8-14(15)21/h2-8,10H,9H2,1H3,(H,22,24)/t10-/m1/s1. The van der Waals surface area contributed by atoms with Gasteiger partial charge in [-0.1, -0.05) is 23.7 Å². The summed E-state index contributed by atoms with van der Waals surface area (Å²) in [6, 6.07) is 8.63. The van der Waals surface area contributed by atoms with Gasteiger partial charge in [0.05, 0.1) is 16.8 Å². The van der Waals surface area contributed by atoms with Crippen LogP contribution < -0.4 is 5.32 Å². The third-order valence-corrected chi connectivity index (χ3v) is 4.34. The maximum Gasteiger partial charge on any atom is 0.329 e. The molecular formula is C19H14ClFN2O5. The maximum atomic E-state index is 13.7. The Morgan fingerprint density at radius 2 is 1.75 bits per heavy atom. The lowest BCUT2D eigenvalue weighted by molar-refractivity contribution is -0.150. The highest BCUT2D eigenvalue weighted by Crippen LogP contribution is 2.25. The molecule has 9 heteroatoms. The molecule has 0 saturated heterocycles. The van der Waals surface area contributed by atoms with Gasteiger partial charge in [0.15, 0.2) is 6.61 Å². The van der Waals surface area contributed by atoms with Crippen LogP contribution in [0.2, 0.25) is 5.02 Å². The summed E-state index contributed by atoms with van der Waals surface area (Å²) in [4.78, 5) is 49.6. The summed E-state index contributed by atoms with van der Waals surface area (Å²) in [6.45, 7) is 0.606. The van der Waals surface area contributed by atoms with Gasteiger partial charge in [0.1, 0.15) is 11.9 Å². The van der Waals surface area contributed by atoms with E-state index in [4.69, 9.17) is 16.3 Å². The van der Waals surface area contributed by atoms with Gasteiger partial charge in [-0.05, 0) is 37.3 Å². The Labute approximate surface area is 164 Å². The number of amides is 3. The van der Waals surface area contributed by atoms with Crippen molar-refractivity contribution >= 4 is 41.0 Å². The third-order valence-electron chi connectivity index (χ3n) is 4.10. The van der Waals surface area contributed by atoms with Crippen molar-refractivity contribution in [2.75, 3.05) is 11.9 Å². The fourth-order valence-corrected chi connectivity index (χ4v) is 2.86. The maximum absolute atomic E-state index is 13.7. The van der Waals surface area contributed by atoms with Crippen LogP contribution in [0.4, 0.5) is 10.1 Å². The Balaban J connectivity index is 1.60. The number of carbonyl (C=O) groups excluding carboxylic acids is 4. The van der Waals surface area contributed by atoms with Gasteiger partial charge in [-0.3, -0.25) is 19.3 Å². The second-order valence-electron chi connectivity index (χ2n) is 5.98. The number of imide groups is 1. The highest BCUT2D eigenvalue weighted by Gasteiger charge is 2.41. The molecule has 1 aliphatic rings. The van der Waals surface area contributed by atoms with Gasteiger partial charge in [0.2, 0.25) is 0 Å². The summed E-state index contributed by atoms with van der Waals surface area (Å²) in [7, 11) is 0. The predicted molar refractivity (Wildman–Crippen MR) is 97.4 cm³/mol. The molecule has 0 fully saturated rings. The average molecular weight is 405 g/mol. The molecule has 1 heterocycles. The lowest BCUT2D eigenvalue weighted by atomic mass is 10.1. The predicted octanol–water partition coefficient (Wildman–Crippen LogP) is 2.65. The lowest BCUT2D eigenvalue weighted by Gasteiger charge is -2.20. The Bertz CT molecular complexity index is 959. The molecule has 28 heavy (non-hydrogen) atoms. The molecule has 0 saturated carbocycles. The first kappa shape index (κ1) is 19.5. The van der Waals surface area contributed by atoms with E-state index in [2.05, 4.69) is 5.32 Å². The van der Waals surface area contributed by atoms with E-state index in [1.807, 2.05) is 0 Å². The van der Waals surface area contributed by atoms with E-state index in [0.29, 0.717) is 0 Å². The smallest absolute Gasteiger partial charge is 0.329 e. The number of fused-ring (bicyclic) bond motifs is 1. The van der Waals surface area contributed by atoms with Crippen LogP contribution in [-0.2, 0) is 14.3 Å². The molecule has 3 amide bonds. The summed E-state index contributed by atoms with van der Waals surface area (Å²) in [5, 5.41) is 2.40. The van der Waals surface area contributed by atoms with Gasteiger partial charge < -0.3 is 10.1 Å². The Morgan fingerprint density at radius 3 is 2.32 bits per heavy atom. The number of ether oxygens (including phenoxy) is 1. The number of benzene rings is 2. The molecule has 1 N–H and O–H groups in total. The summed E-state index contributed by atoms with van der Waals surface area (Å²) >= 11 is 5.63. The zero-order valence-electron chi connectivity index (χ0n) is 14.6. The van der Waals surface area contributed by atoms with E-state index in [9.17, 15) is 23.6 Å². The second-order valence-corrected chi connectivity index (χ2v) is 6.42. The first-order valence-electron chi connectivity index (χ1n) is 8.18. The molecule has 1 aliphatic heterocycles. The number of hydrogen-bond acceptors (Lipinski definition) is 5. The van der Waals surface area contributed by atoms with E-state index in [1.165, 1.54) is 31.2 Å². The number of carbonyl (C=O) groups is 4. The zero-order valence-corrected chi connectivity index (χ0v) is 15.3. The van der Waals surface area contributed by atoms with E-state index < -0.39 is 42.2 Å². The molecule has 0 aliphatic carbocycles. The highest BCUT2D eigenvalue weighted by molar-refractivity contribution is 6.30. The van der Waals surface area contributed by atoms with Crippen molar-refractivity contribution in [3.05, 3.63) is 64.4 Å². The number of nitrogens with zero attached hydrogens (tertiary/aromatic N) is 1. The van der Waals surface area contributed by atoms with Crippen molar-refractivity contribution in [1.29, 1.82) is 0 Å². The normalized spacial score (nSPS) is 13.9. The Kier molecular flexibility index (Phi) is 5.41. The van der Waals surface area contributed by atoms with Crippen LogP contribution in [0.25, 0.3) is 0 Å². The molecule has 144 valence electrons. The number of esters is 1. The molecule has 0 unspecified atom stereocenters. The summed E-state index contributed by atoms with van der Waals surface area (Å²) in [6.07, 6.45) is 0. The fraction of sp³-hybridized carbons (Fsp3) is 0.158. The first-order chi connectivity index (χ1) is 13.3. The van der Waals surface area contributed by atoms with Crippen molar-refractivity contribution in [1.82, 2.24) is 4.90 Å². The number of nitrogens with one attached hydrogen (secondary N) is 1. The number of halogens is 2. The van der Waals surface area contributed by atoms with Crippen LogP contribution in [0, 0.1) is 5.82 Å². The SMILES string of the molecule is C[C@H](C(=O)OCC(=O)Nc1ccc(Cl)cc1F)N1C(=O)c2ccccc2C1=O. The second kappa shape index (κ2) is 7.77. The quantitative estimate of drug-likeness (QED) is 0.611. The van der Waals surface area contributed by atoms with Gasteiger partial charge in [-0.25, -0.2) is 9.18 Å². The van der Waals surface area contributed by atoms with Crippen LogP contribution in [0.3, 0.4) is 0 Å². The minimum atomic E-state index is -1.23. The van der Waals surface area contributed by atoms with Crippen LogP contribution >= 0.6 is 11.6 Å². The molecule has 0 aromatic heterocycles. The van der Waals surface area contributed by atoms with Crippen LogP contribution in [-0.4, -0.2) is 41.2 Å². The van der Waals surface area contributed by atoms with Crippen LogP contribution in [0.5, 0.6) is 0 Å². The summed E-state index contributed by atoms with van der Waals surface area (Å²) in [5.74, 6) is -3.70. The molecular weight excluding hydrogens is 391 g/mol. The zero-order chi connectivity index (χ0) is 20.4. The molecule has 0 radical (unpaired) electrons. The summed E-state index contributed by atoms with van der Waals surface area (Å²) in [5.41, 5.74) is 0.269. The fourth-order valence-electron chi connectivity index (χ4n) is 2.70. The van der Waals surface area contributed by atoms with Crippen molar-refractivity contribution in [3.63, 3.8) is 0 Å². The minimum absolute atomic E-state index is 0.126. The van der Waals surface area contributed by atoms with E-state index in [1.54, 1.807) is 12.1 Å². The average Bonchev–Trinajstić information content (AvgIpc) is 2.92. The van der Waals surface area contributed by atoms with Crippen molar-refractivity contribution in [3.8, 4) is 0 Å². The van der Waals surface area contributed by atoms with Gasteiger partial charge in [-0.15, -0.1) is 0 Å². The van der Waals surface area contributed by atoms with Crippen LogP contribution in [0.15, 0.2) is 42.5 Å². The molecule has 0 spiro atoms. The number of rotatable bonds is 5. The van der Waals surface area contributed by atoms with Gasteiger partial charge in [0.25, 0.3) is 17.7 Å². The molecule has 0 bridgehead atoms. The molecule has 2 aromatic rings. The Morgan fingerprint density at radius 1 is 1.14 bits per heavy atom. The molecule has 7 nitrogen and oxygen atoms in total. The Hall–Kier alpha value is -3.26. The van der Waals surface area contributed by atoms with E-state index in [-0.39, 0.29) is 21.8 Å². The van der Waals surface area contributed by atoms with Gasteiger partial charge in [0, 0.05) is 5.02 Å². The lowest BCUT2D eigenvalue weighted by Crippen LogP contribution is -2.44. The molecule has 1 atom stereocenters. The highest BCUT2D eigenvalue weighted by atomic mass is 35.5. The summed E-state index contributed by atoms with van der Waals surface area (Å²) < 4.78 is 18.5. The van der Waals surface area contributed by atoms with E-state index >= 15 is 0 Å². The van der Waals surface area contributed by atoms with Crippen molar-refractivity contribution in [2.24, 2.45) is 0 Å². The largest absolute Gasteiger partial charge is 0.454 e. The molecule has 3 rings (SSSR count). The van der Waals surface area contributed by atoms with Crippen molar-refractivity contribution < 1.29 is 28.3 Å². The molecule has 2 aromatic carbocycles. The minimum Gasteiger partial charge on any atom is -0.454 e. The van der Waals surface area contributed by atoms with E-state index in [0.717, 1.165) is 11.0 Å². The van der Waals surface area contributed by atoms with Gasteiger partial charge in [-0.2, -0.15) is 0 Å². The topological polar surface area (TPSA) is 92.8 Å². The monoisotopic (exact) mass is 404 g/mol. The third kappa shape index (κ3) is 3.72. The van der Waals surface area contributed by atoms with Gasteiger partial charge >= 0.3 is 5.97 Å². The van der Waals surface area contributed by atoms with Crippen LogP contribution in [0.1, 0.15) is 27.6 Å².